The molecule has 1 aromatic heterocycles. The Kier molecular flexibility index (Phi) is 6.82. The molecule has 0 amide bonds. The lowest BCUT2D eigenvalue weighted by atomic mass is 9.90. The zero-order valence-corrected chi connectivity index (χ0v) is 14.3. The molecular formula is C16H27ClN2S. The molecule has 1 fully saturated rings. The van der Waals surface area contributed by atoms with Crippen molar-refractivity contribution in [1.82, 2.24) is 10.2 Å². The van der Waals surface area contributed by atoms with Crippen molar-refractivity contribution in [3.8, 4) is 0 Å². The molecule has 2 nitrogen and oxygen atoms in total. The van der Waals surface area contributed by atoms with Crippen LogP contribution in [0.5, 0.6) is 0 Å². The van der Waals surface area contributed by atoms with Crippen molar-refractivity contribution in [2.45, 2.75) is 45.6 Å². The maximum absolute atomic E-state index is 5.96. The van der Waals surface area contributed by atoms with Crippen LogP contribution >= 0.6 is 22.9 Å². The van der Waals surface area contributed by atoms with Crippen LogP contribution in [-0.4, -0.2) is 37.1 Å². The van der Waals surface area contributed by atoms with E-state index in [1.54, 1.807) is 11.3 Å². The van der Waals surface area contributed by atoms with Gasteiger partial charge in [-0.05, 0) is 70.3 Å². The molecule has 0 saturated carbocycles. The van der Waals surface area contributed by atoms with Gasteiger partial charge in [0.25, 0.3) is 0 Å². The Labute approximate surface area is 132 Å². The monoisotopic (exact) mass is 314 g/mol. The standard InChI is InChI=1S/C16H27ClN2S/c1-3-10-19-11-7-14(8-12-19)13(2)18-9-6-15-4-5-16(17)20-15/h4-5,13-14,18H,3,6-12H2,1-2H3. The number of piperidine rings is 1. The topological polar surface area (TPSA) is 15.3 Å². The third kappa shape index (κ3) is 5.03. The summed E-state index contributed by atoms with van der Waals surface area (Å²) in [7, 11) is 0. The molecule has 4 heteroatoms. The minimum absolute atomic E-state index is 0.634. The maximum atomic E-state index is 5.96. The van der Waals surface area contributed by atoms with Gasteiger partial charge in [-0.15, -0.1) is 11.3 Å². The van der Waals surface area contributed by atoms with Gasteiger partial charge in [0, 0.05) is 17.5 Å². The van der Waals surface area contributed by atoms with E-state index in [2.05, 4.69) is 30.1 Å². The third-order valence-electron chi connectivity index (χ3n) is 4.35. The van der Waals surface area contributed by atoms with Crippen molar-refractivity contribution in [2.24, 2.45) is 5.92 Å². The van der Waals surface area contributed by atoms with Crippen molar-refractivity contribution in [3.05, 3.63) is 21.3 Å². The van der Waals surface area contributed by atoms with Crippen LogP contribution in [0.2, 0.25) is 4.34 Å². The first-order valence-electron chi connectivity index (χ1n) is 7.89. The van der Waals surface area contributed by atoms with E-state index in [1.807, 2.05) is 6.07 Å². The van der Waals surface area contributed by atoms with Crippen molar-refractivity contribution < 1.29 is 0 Å². The first kappa shape index (κ1) is 16.3. The van der Waals surface area contributed by atoms with Gasteiger partial charge in [-0.3, -0.25) is 0 Å². The largest absolute Gasteiger partial charge is 0.314 e. The summed E-state index contributed by atoms with van der Waals surface area (Å²) in [5.41, 5.74) is 0. The number of halogens is 1. The molecule has 1 aliphatic rings. The molecule has 2 rings (SSSR count). The third-order valence-corrected chi connectivity index (χ3v) is 5.64. The van der Waals surface area contributed by atoms with E-state index < -0.39 is 0 Å². The van der Waals surface area contributed by atoms with E-state index in [0.717, 1.165) is 23.2 Å². The Balaban J connectivity index is 1.64. The van der Waals surface area contributed by atoms with E-state index in [1.165, 1.54) is 43.8 Å². The molecule has 20 heavy (non-hydrogen) atoms. The normalized spacial score (nSPS) is 19.4. The fourth-order valence-corrected chi connectivity index (χ4v) is 4.16. The smallest absolute Gasteiger partial charge is 0.0931 e. The van der Waals surface area contributed by atoms with Crippen LogP contribution in [0, 0.1) is 5.92 Å². The molecule has 1 aromatic rings. The highest BCUT2D eigenvalue weighted by Crippen LogP contribution is 2.22. The second-order valence-electron chi connectivity index (χ2n) is 5.88. The van der Waals surface area contributed by atoms with E-state index in [-0.39, 0.29) is 0 Å². The van der Waals surface area contributed by atoms with Crippen LogP contribution in [-0.2, 0) is 6.42 Å². The molecule has 0 radical (unpaired) electrons. The Morgan fingerprint density at radius 3 is 2.75 bits per heavy atom. The second-order valence-corrected chi connectivity index (χ2v) is 7.68. The van der Waals surface area contributed by atoms with E-state index in [4.69, 9.17) is 11.6 Å². The maximum Gasteiger partial charge on any atom is 0.0931 e. The summed E-state index contributed by atoms with van der Waals surface area (Å²) in [5.74, 6) is 0.843. The summed E-state index contributed by atoms with van der Waals surface area (Å²) in [6, 6.07) is 4.77. The van der Waals surface area contributed by atoms with Crippen LogP contribution in [0.4, 0.5) is 0 Å². The van der Waals surface area contributed by atoms with Gasteiger partial charge < -0.3 is 10.2 Å². The lowest BCUT2D eigenvalue weighted by molar-refractivity contribution is 0.163. The van der Waals surface area contributed by atoms with Gasteiger partial charge in [0.05, 0.1) is 4.34 Å². The Morgan fingerprint density at radius 1 is 1.40 bits per heavy atom. The quantitative estimate of drug-likeness (QED) is 0.817. The molecule has 1 aliphatic heterocycles. The zero-order chi connectivity index (χ0) is 14.4. The van der Waals surface area contributed by atoms with Gasteiger partial charge >= 0.3 is 0 Å². The Bertz CT molecular complexity index is 386. The second kappa shape index (κ2) is 8.38. The van der Waals surface area contributed by atoms with Gasteiger partial charge in [-0.2, -0.15) is 0 Å². The number of hydrogen-bond donors (Lipinski definition) is 1. The predicted octanol–water partition coefficient (Wildman–Crippen LogP) is 4.04. The predicted molar refractivity (Wildman–Crippen MR) is 90.0 cm³/mol. The molecule has 1 atom stereocenters. The Morgan fingerprint density at radius 2 is 2.15 bits per heavy atom. The molecule has 114 valence electrons. The summed E-state index contributed by atoms with van der Waals surface area (Å²) < 4.78 is 0.899. The molecule has 0 aromatic carbocycles. The molecular weight excluding hydrogens is 288 g/mol. The number of nitrogens with zero attached hydrogens (tertiary/aromatic N) is 1. The first-order valence-corrected chi connectivity index (χ1v) is 9.08. The molecule has 0 bridgehead atoms. The minimum atomic E-state index is 0.634. The SMILES string of the molecule is CCCN1CCC(C(C)NCCc2ccc(Cl)s2)CC1. The van der Waals surface area contributed by atoms with Crippen molar-refractivity contribution >= 4 is 22.9 Å². The van der Waals surface area contributed by atoms with Crippen LogP contribution in [0.3, 0.4) is 0 Å². The van der Waals surface area contributed by atoms with Crippen LogP contribution in [0.15, 0.2) is 12.1 Å². The van der Waals surface area contributed by atoms with Crippen LogP contribution in [0.1, 0.15) is 38.0 Å². The zero-order valence-electron chi connectivity index (χ0n) is 12.7. The Hall–Kier alpha value is -0.0900. The fraction of sp³-hybridized carbons (Fsp3) is 0.750. The summed E-state index contributed by atoms with van der Waals surface area (Å²) in [5, 5.41) is 3.70. The minimum Gasteiger partial charge on any atom is -0.314 e. The molecule has 1 saturated heterocycles. The number of nitrogens with one attached hydrogen (secondary N) is 1. The fourth-order valence-electron chi connectivity index (χ4n) is 3.07. The van der Waals surface area contributed by atoms with Crippen molar-refractivity contribution in [2.75, 3.05) is 26.2 Å². The summed E-state index contributed by atoms with van der Waals surface area (Å²) in [6.45, 7) is 9.52. The average molecular weight is 315 g/mol. The van der Waals surface area contributed by atoms with Crippen LogP contribution < -0.4 is 5.32 Å². The number of thiophene rings is 1. The molecule has 0 spiro atoms. The highest BCUT2D eigenvalue weighted by Gasteiger charge is 2.22. The van der Waals surface area contributed by atoms with Gasteiger partial charge in [-0.25, -0.2) is 0 Å². The van der Waals surface area contributed by atoms with Crippen molar-refractivity contribution in [3.63, 3.8) is 0 Å². The van der Waals surface area contributed by atoms with Gasteiger partial charge in [0.15, 0.2) is 0 Å². The van der Waals surface area contributed by atoms with Gasteiger partial charge in [0.2, 0.25) is 0 Å². The lowest BCUT2D eigenvalue weighted by Gasteiger charge is -2.35. The van der Waals surface area contributed by atoms with Crippen molar-refractivity contribution in [1.29, 1.82) is 0 Å². The average Bonchev–Trinajstić information content (AvgIpc) is 2.85. The number of rotatable bonds is 7. The molecule has 0 aliphatic carbocycles. The molecule has 1 unspecified atom stereocenters. The molecule has 2 heterocycles. The number of likely N-dealkylation sites (tertiary alicyclic amines) is 1. The van der Waals surface area contributed by atoms with Gasteiger partial charge in [-0.1, -0.05) is 18.5 Å². The highest BCUT2D eigenvalue weighted by molar-refractivity contribution is 7.16. The van der Waals surface area contributed by atoms with Gasteiger partial charge in [0.1, 0.15) is 0 Å². The summed E-state index contributed by atoms with van der Waals surface area (Å²) >= 11 is 7.66. The lowest BCUT2D eigenvalue weighted by Crippen LogP contribution is -2.42. The van der Waals surface area contributed by atoms with E-state index in [0.29, 0.717) is 6.04 Å². The number of hydrogen-bond acceptors (Lipinski definition) is 3. The first-order chi connectivity index (χ1) is 9.69. The highest BCUT2D eigenvalue weighted by atomic mass is 35.5. The van der Waals surface area contributed by atoms with Crippen LogP contribution in [0.25, 0.3) is 0 Å². The summed E-state index contributed by atoms with van der Waals surface area (Å²) in [6.07, 6.45) is 5.07. The van der Waals surface area contributed by atoms with E-state index in [9.17, 15) is 0 Å². The summed E-state index contributed by atoms with van der Waals surface area (Å²) in [4.78, 5) is 3.99. The van der Waals surface area contributed by atoms with E-state index >= 15 is 0 Å². The molecule has 1 N–H and O–H groups in total.